The summed E-state index contributed by atoms with van der Waals surface area (Å²) < 4.78 is 0. The first-order chi connectivity index (χ1) is 49.4. The number of nitrogens with one attached hydrogen (secondary N) is 12. The lowest BCUT2D eigenvalue weighted by Gasteiger charge is -2.32. The van der Waals surface area contributed by atoms with Gasteiger partial charge in [-0.2, -0.15) is 12.6 Å². The summed E-state index contributed by atoms with van der Waals surface area (Å²) in [7, 11) is 0. The Kier molecular flexibility index (Phi) is 40.0. The number of primary amides is 1. The fourth-order valence-corrected chi connectivity index (χ4v) is 11.3. The molecule has 37 nitrogen and oxygen atoms in total. The largest absolute Gasteiger partial charge is 0.480 e. The fourth-order valence-electron chi connectivity index (χ4n) is 11.1. The van der Waals surface area contributed by atoms with Crippen LogP contribution in [-0.4, -0.2) is 231 Å². The third-order valence-electron chi connectivity index (χ3n) is 17.1. The van der Waals surface area contributed by atoms with E-state index in [1.54, 1.807) is 58.0 Å². The average Bonchev–Trinajstić information content (AvgIpc) is 1.64. The monoisotopic (exact) mass is 1480 g/mol. The number of benzene rings is 1. The molecule has 1 fully saturated rings. The second kappa shape index (κ2) is 47.0. The number of amides is 13. The zero-order chi connectivity index (χ0) is 77.6. The minimum absolute atomic E-state index is 0.00540. The summed E-state index contributed by atoms with van der Waals surface area (Å²) in [6.07, 6.45) is 3.58. The van der Waals surface area contributed by atoms with Gasteiger partial charge in [0.2, 0.25) is 76.8 Å². The van der Waals surface area contributed by atoms with Gasteiger partial charge in [0, 0.05) is 50.0 Å². The number of imidazole rings is 1. The Morgan fingerprint density at radius 3 is 1.66 bits per heavy atom. The lowest BCUT2D eigenvalue weighted by Crippen LogP contribution is -2.61. The average molecular weight is 1480 g/mol. The van der Waals surface area contributed by atoms with Crippen molar-refractivity contribution in [2.75, 3.05) is 45.1 Å². The molecule has 0 radical (unpaired) electrons. The van der Waals surface area contributed by atoms with Crippen LogP contribution in [0.3, 0.4) is 0 Å². The number of H-pyrrole nitrogens is 1. The third kappa shape index (κ3) is 31.2. The number of aromatic nitrogens is 2. The van der Waals surface area contributed by atoms with E-state index in [1.807, 2.05) is 0 Å². The number of hydrogen-bond acceptors (Lipinski definition) is 21. The second-order valence-corrected chi connectivity index (χ2v) is 26.3. The number of aliphatic carboxylic acids is 1. The van der Waals surface area contributed by atoms with Crippen LogP contribution in [0, 0.1) is 11.8 Å². The van der Waals surface area contributed by atoms with Gasteiger partial charge in [0.1, 0.15) is 72.5 Å². The highest BCUT2D eigenvalue weighted by molar-refractivity contribution is 7.80. The van der Waals surface area contributed by atoms with Gasteiger partial charge >= 0.3 is 5.97 Å². The van der Waals surface area contributed by atoms with Crippen LogP contribution in [-0.2, 0) is 80.0 Å². The lowest BCUT2D eigenvalue weighted by molar-refractivity contribution is -0.143. The molecule has 0 aliphatic carbocycles. The standard InChI is InChI=1S/C66H109N21O16S/c1-6-37(4)53(63(100)80-42(20-14-26-74-66(71)72)55(92)78-41(18-10-12-24-67)56(93)85-48(33-88)65(102)103)86-60(97)46(29-39-16-8-7-9-17-39)84-62(99)50-21-15-27-87(50)64(101)44(19-11-13-25-68)81-57(94)43(22-23-51(70)89)79-59(96)47(30-40-32-73-35-75-40)82-54(91)38(5)76-58(95)45(28-36(2)3)83-61(98)49(34-104)77-52(90)31-69/h7-9,16-17,32,35-38,41-50,53,88,104H,6,10-15,18-31,33-34,67-69H2,1-5H3,(H2,70,89)(H,73,75)(H,76,95)(H,77,90)(H,78,92)(H,79,96)(H,80,100)(H,81,94)(H,82,91)(H,83,98)(H,84,99)(H,85,93)(H,86,97)(H,102,103)(H4,71,72,74)/t37-,38-,41-,42-,43-,44-,45-,46-,47-,48-,49-,50-,53-/m0/s1. The first-order valence-corrected chi connectivity index (χ1v) is 35.6. The number of aromatic amines is 1. The van der Waals surface area contributed by atoms with Crippen LogP contribution in [0.2, 0.25) is 0 Å². The predicted octanol–water partition coefficient (Wildman–Crippen LogP) is -5.83. The fraction of sp³-hybridized carbons (Fsp3) is 0.636. The first kappa shape index (κ1) is 88.7. The van der Waals surface area contributed by atoms with Crippen molar-refractivity contribution in [3.63, 3.8) is 0 Å². The topological polar surface area (TPSA) is 612 Å². The molecular weight excluding hydrogens is 1370 g/mol. The molecule has 1 saturated heterocycles. The molecule has 0 unspecified atom stereocenters. The number of aliphatic hydroxyl groups is 1. The molecule has 1 aromatic carbocycles. The first-order valence-electron chi connectivity index (χ1n) is 34.9. The number of likely N-dealkylation sites (tertiary alicyclic amines) is 1. The van der Waals surface area contributed by atoms with E-state index in [9.17, 15) is 77.3 Å². The van der Waals surface area contributed by atoms with E-state index in [4.69, 9.17) is 34.4 Å². The quantitative estimate of drug-likeness (QED) is 0.0127. The summed E-state index contributed by atoms with van der Waals surface area (Å²) in [6, 6.07) is -8.13. The zero-order valence-electron chi connectivity index (χ0n) is 59.8. The number of unbranched alkanes of at least 4 members (excludes halogenated alkanes) is 2. The smallest absolute Gasteiger partial charge is 0.328 e. The van der Waals surface area contributed by atoms with Gasteiger partial charge in [0.25, 0.3) is 0 Å². The third-order valence-corrected chi connectivity index (χ3v) is 17.5. The highest BCUT2D eigenvalue weighted by Crippen LogP contribution is 2.22. The van der Waals surface area contributed by atoms with Crippen LogP contribution >= 0.6 is 12.6 Å². The Morgan fingerprint density at radius 2 is 1.12 bits per heavy atom. The molecule has 1 aromatic heterocycles. The van der Waals surface area contributed by atoms with Crippen LogP contribution in [0.4, 0.5) is 0 Å². The Morgan fingerprint density at radius 1 is 0.606 bits per heavy atom. The van der Waals surface area contributed by atoms with Gasteiger partial charge in [-0.1, -0.05) is 64.4 Å². The van der Waals surface area contributed by atoms with Gasteiger partial charge < -0.3 is 113 Å². The second-order valence-electron chi connectivity index (χ2n) is 25.9. The number of carboxylic acid groups (broad SMARTS) is 1. The van der Waals surface area contributed by atoms with E-state index in [0.717, 1.165) is 0 Å². The summed E-state index contributed by atoms with van der Waals surface area (Å²) in [6.45, 7) is 7.40. The maximum atomic E-state index is 15.0. The minimum Gasteiger partial charge on any atom is -0.480 e. The molecule has 0 saturated carbocycles. The maximum Gasteiger partial charge on any atom is 0.328 e. The molecule has 1 aliphatic heterocycles. The lowest BCUT2D eigenvalue weighted by atomic mass is 9.96. The number of rotatable bonds is 49. The molecule has 0 spiro atoms. The van der Waals surface area contributed by atoms with Crippen LogP contribution < -0.4 is 92.9 Å². The normalized spacial score (nSPS) is 16.1. The van der Waals surface area contributed by atoms with E-state index in [1.165, 1.54) is 24.3 Å². The van der Waals surface area contributed by atoms with Crippen LogP contribution in [0.15, 0.2) is 47.8 Å². The number of aliphatic hydroxyl groups excluding tert-OH is 1. The van der Waals surface area contributed by atoms with Crippen LogP contribution in [0.1, 0.15) is 136 Å². The van der Waals surface area contributed by atoms with Gasteiger partial charge in [0.15, 0.2) is 5.96 Å². The molecule has 0 bridgehead atoms. The molecule has 104 heavy (non-hydrogen) atoms. The van der Waals surface area contributed by atoms with Crippen molar-refractivity contribution < 1.29 is 77.3 Å². The minimum atomic E-state index is -1.70. The molecule has 13 atom stereocenters. The zero-order valence-corrected chi connectivity index (χ0v) is 60.6. The molecule has 580 valence electrons. The maximum absolute atomic E-state index is 15.0. The Labute approximate surface area is 609 Å². The molecule has 2 heterocycles. The number of hydrogen-bond donors (Lipinski definition) is 21. The summed E-state index contributed by atoms with van der Waals surface area (Å²) in [5.41, 5.74) is 34.5. The van der Waals surface area contributed by atoms with Crippen molar-refractivity contribution >= 4 is 101 Å². The summed E-state index contributed by atoms with van der Waals surface area (Å²) >= 11 is 4.14. The molecule has 13 amide bonds. The van der Waals surface area contributed by atoms with Gasteiger partial charge in [-0.25, -0.2) is 9.78 Å². The van der Waals surface area contributed by atoms with Crippen LogP contribution in [0.25, 0.3) is 0 Å². The van der Waals surface area contributed by atoms with Crippen molar-refractivity contribution in [2.45, 2.75) is 210 Å². The number of aliphatic imine (C=N–C) groups is 1. The number of carboxylic acids is 1. The van der Waals surface area contributed by atoms with Crippen LogP contribution in [0.5, 0.6) is 0 Å². The Hall–Kier alpha value is -9.53. The van der Waals surface area contributed by atoms with Crippen molar-refractivity contribution in [1.82, 2.24) is 73.4 Å². The van der Waals surface area contributed by atoms with Crippen molar-refractivity contribution in [2.24, 2.45) is 51.2 Å². The van der Waals surface area contributed by atoms with E-state index in [0.29, 0.717) is 36.9 Å². The van der Waals surface area contributed by atoms with Gasteiger partial charge in [0.05, 0.1) is 19.5 Å². The number of nitrogens with two attached hydrogens (primary N) is 6. The number of carbonyl (C=O) groups is 14. The molecule has 38 heteroatoms. The molecular formula is C66H109N21O16S. The molecule has 26 N–H and O–H groups in total. The van der Waals surface area contributed by atoms with Crippen molar-refractivity contribution in [3.8, 4) is 0 Å². The molecule has 1 aliphatic rings. The van der Waals surface area contributed by atoms with E-state index in [2.05, 4.69) is 86.1 Å². The van der Waals surface area contributed by atoms with E-state index < -0.39 is 187 Å². The van der Waals surface area contributed by atoms with E-state index >= 15 is 0 Å². The van der Waals surface area contributed by atoms with Gasteiger partial charge in [-0.05, 0) is 114 Å². The number of carbonyl (C=O) groups excluding carboxylic acids is 13. The number of thiol groups is 1. The number of nitrogens with zero attached hydrogens (tertiary/aromatic N) is 3. The summed E-state index contributed by atoms with van der Waals surface area (Å²) in [4.78, 5) is 205. The van der Waals surface area contributed by atoms with Gasteiger partial charge in [-0.15, -0.1) is 0 Å². The predicted molar refractivity (Wildman–Crippen MR) is 385 cm³/mol. The number of guanidine groups is 1. The molecule has 2 aromatic rings. The highest BCUT2D eigenvalue weighted by atomic mass is 32.1. The van der Waals surface area contributed by atoms with Crippen molar-refractivity contribution in [1.29, 1.82) is 0 Å². The summed E-state index contributed by atoms with van der Waals surface area (Å²) in [5, 5.41) is 47.7. The molecule has 3 rings (SSSR count). The van der Waals surface area contributed by atoms with Gasteiger partial charge in [-0.3, -0.25) is 67.3 Å². The Bertz CT molecular complexity index is 3180. The van der Waals surface area contributed by atoms with E-state index in [-0.39, 0.29) is 108 Å². The SMILES string of the molecule is CC[C@H](C)[C@H](NC(=O)[C@H](Cc1ccccc1)NC(=O)[C@@H]1CCCN1C(=O)[C@H](CCCCN)NC(=O)[C@H](CCC(N)=O)NC(=O)[C@H](Cc1cnc[nH]1)NC(=O)[C@H](C)NC(=O)[C@H](CC(C)C)NC(=O)[C@H](CS)NC(=O)CN)C(=O)N[C@@H](CCCN=C(N)N)C(=O)N[C@@H](CCCCN)C(=O)N[C@@H](CO)C(=O)O. The Balaban J connectivity index is 1.97. The van der Waals surface area contributed by atoms with Crippen molar-refractivity contribution in [3.05, 3.63) is 54.1 Å². The highest BCUT2D eigenvalue weighted by Gasteiger charge is 2.42. The summed E-state index contributed by atoms with van der Waals surface area (Å²) in [5.74, 6) is -13.5.